The maximum Gasteiger partial charge on any atom is 0.313 e. The number of methoxy groups -OCH3 is 1. The molecule has 0 bridgehead atoms. The van der Waals surface area contributed by atoms with Crippen molar-refractivity contribution in [3.05, 3.63) is 83.8 Å². The number of piperidine rings is 1. The zero-order valence-electron chi connectivity index (χ0n) is 24.8. The van der Waals surface area contributed by atoms with Crippen LogP contribution in [-0.2, 0) is 22.6 Å². The van der Waals surface area contributed by atoms with E-state index < -0.39 is 17.6 Å². The number of rotatable bonds is 7. The summed E-state index contributed by atoms with van der Waals surface area (Å²) in [7, 11) is 1.55. The van der Waals surface area contributed by atoms with Crippen molar-refractivity contribution >= 4 is 28.4 Å². The van der Waals surface area contributed by atoms with Gasteiger partial charge >= 0.3 is 11.8 Å². The molecule has 1 saturated heterocycles. The third-order valence-corrected chi connectivity index (χ3v) is 8.35. The minimum atomic E-state index is -0.824. The maximum absolute atomic E-state index is 15.2. The Bertz CT molecular complexity index is 1690. The third-order valence-electron chi connectivity index (χ3n) is 8.35. The van der Waals surface area contributed by atoms with Gasteiger partial charge < -0.3 is 29.7 Å². The molecule has 1 aromatic heterocycles. The zero-order valence-corrected chi connectivity index (χ0v) is 24.8. The van der Waals surface area contributed by atoms with E-state index in [0.717, 1.165) is 37.6 Å². The molecule has 2 aliphatic rings. The van der Waals surface area contributed by atoms with Crippen LogP contribution in [0.4, 0.5) is 10.1 Å². The van der Waals surface area contributed by atoms with Gasteiger partial charge in [0.1, 0.15) is 17.2 Å². The van der Waals surface area contributed by atoms with Gasteiger partial charge in [-0.3, -0.25) is 14.6 Å². The van der Waals surface area contributed by atoms with E-state index in [-0.39, 0.29) is 17.5 Å². The lowest BCUT2D eigenvalue weighted by atomic mass is 9.93. The highest BCUT2D eigenvalue weighted by Gasteiger charge is 2.26. The summed E-state index contributed by atoms with van der Waals surface area (Å²) in [5, 5.41) is 6.46. The van der Waals surface area contributed by atoms with Crippen LogP contribution in [0, 0.1) is 11.7 Å². The summed E-state index contributed by atoms with van der Waals surface area (Å²) in [4.78, 5) is 31.5. The molecule has 0 radical (unpaired) electrons. The number of halogens is 1. The molecule has 0 saturated carbocycles. The van der Waals surface area contributed by atoms with Gasteiger partial charge in [-0.2, -0.15) is 0 Å². The molecule has 6 rings (SSSR count). The van der Waals surface area contributed by atoms with Crippen LogP contribution in [0.2, 0.25) is 0 Å². The summed E-state index contributed by atoms with van der Waals surface area (Å²) >= 11 is 0. The Morgan fingerprint density at radius 1 is 1.02 bits per heavy atom. The van der Waals surface area contributed by atoms with Crippen LogP contribution in [0.5, 0.6) is 23.0 Å². The van der Waals surface area contributed by atoms with E-state index in [9.17, 15) is 9.59 Å². The number of hydrogen-bond acceptors (Lipinski definition) is 7. The molecule has 10 heteroatoms. The largest absolute Gasteiger partial charge is 0.496 e. The van der Waals surface area contributed by atoms with Gasteiger partial charge in [-0.15, -0.1) is 0 Å². The number of fused-ring (bicyclic) bond motifs is 2. The summed E-state index contributed by atoms with van der Waals surface area (Å²) in [5.74, 6) is -0.323. The molecule has 44 heavy (non-hydrogen) atoms. The minimum absolute atomic E-state index is 0.0265. The second-order valence-corrected chi connectivity index (χ2v) is 11.2. The number of carbonyl (C=O) groups is 2. The fourth-order valence-corrected chi connectivity index (χ4v) is 5.91. The Balaban J connectivity index is 1.15. The van der Waals surface area contributed by atoms with Crippen molar-refractivity contribution < 1.29 is 28.2 Å². The van der Waals surface area contributed by atoms with Gasteiger partial charge in [0.25, 0.3) is 0 Å². The number of amides is 2. The van der Waals surface area contributed by atoms with Crippen molar-refractivity contribution in [2.75, 3.05) is 32.1 Å². The summed E-state index contributed by atoms with van der Waals surface area (Å²) in [5.41, 5.74) is 2.92. The van der Waals surface area contributed by atoms with Crippen LogP contribution in [0.15, 0.2) is 66.9 Å². The molecular formula is C34H35FN4O5. The van der Waals surface area contributed by atoms with E-state index in [1.807, 2.05) is 30.3 Å². The van der Waals surface area contributed by atoms with Crippen LogP contribution in [0.1, 0.15) is 30.9 Å². The number of nitrogens with zero attached hydrogens (tertiary/aromatic N) is 2. The van der Waals surface area contributed by atoms with E-state index >= 15 is 4.39 Å². The van der Waals surface area contributed by atoms with E-state index in [4.69, 9.17) is 14.2 Å². The Morgan fingerprint density at radius 2 is 1.82 bits per heavy atom. The van der Waals surface area contributed by atoms with E-state index in [1.54, 1.807) is 25.4 Å². The fourth-order valence-electron chi connectivity index (χ4n) is 5.91. The number of ether oxygens (including phenoxy) is 3. The zero-order chi connectivity index (χ0) is 30.6. The molecule has 2 amide bonds. The topological polar surface area (TPSA) is 102 Å². The van der Waals surface area contributed by atoms with Crippen molar-refractivity contribution in [1.29, 1.82) is 0 Å². The van der Waals surface area contributed by atoms with Gasteiger partial charge in [0.2, 0.25) is 0 Å². The van der Waals surface area contributed by atoms with Crippen molar-refractivity contribution in [2.24, 2.45) is 5.92 Å². The first kappa shape index (κ1) is 29.4. The molecule has 0 spiro atoms. The second kappa shape index (κ2) is 12.9. The number of anilines is 1. The first-order valence-electron chi connectivity index (χ1n) is 14.9. The molecule has 0 aliphatic carbocycles. The second-order valence-electron chi connectivity index (χ2n) is 11.2. The van der Waals surface area contributed by atoms with Crippen LogP contribution in [0.25, 0.3) is 10.9 Å². The lowest BCUT2D eigenvalue weighted by Crippen LogP contribution is -2.42. The molecule has 1 atom stereocenters. The summed E-state index contributed by atoms with van der Waals surface area (Å²) in [6, 6.07) is 17.1. The van der Waals surface area contributed by atoms with Crippen LogP contribution < -0.4 is 24.8 Å². The molecule has 1 unspecified atom stereocenters. The van der Waals surface area contributed by atoms with Gasteiger partial charge in [-0.1, -0.05) is 24.3 Å². The van der Waals surface area contributed by atoms with Crippen molar-refractivity contribution in [2.45, 2.75) is 38.8 Å². The highest BCUT2D eigenvalue weighted by Crippen LogP contribution is 2.39. The quantitative estimate of drug-likeness (QED) is 0.272. The number of aromatic nitrogens is 1. The van der Waals surface area contributed by atoms with Crippen LogP contribution in [-0.4, -0.2) is 54.5 Å². The lowest BCUT2D eigenvalue weighted by molar-refractivity contribution is -0.143. The molecule has 4 aromatic rings. The normalized spacial score (nSPS) is 15.8. The fraction of sp³-hybridized carbons (Fsp3) is 0.324. The predicted molar refractivity (Wildman–Crippen MR) is 165 cm³/mol. The number of hydrogen-bond donors (Lipinski definition) is 2. The molecule has 3 heterocycles. The maximum atomic E-state index is 15.2. The van der Waals surface area contributed by atoms with Crippen molar-refractivity contribution in [1.82, 2.24) is 15.2 Å². The lowest BCUT2D eigenvalue weighted by Gasteiger charge is -2.28. The molecule has 228 valence electrons. The molecular weight excluding hydrogens is 563 g/mol. The Morgan fingerprint density at radius 3 is 2.59 bits per heavy atom. The molecule has 9 nitrogen and oxygen atoms in total. The average molecular weight is 599 g/mol. The third kappa shape index (κ3) is 6.30. The van der Waals surface area contributed by atoms with Crippen molar-refractivity contribution in [3.63, 3.8) is 0 Å². The van der Waals surface area contributed by atoms with Gasteiger partial charge in [-0.25, -0.2) is 4.39 Å². The van der Waals surface area contributed by atoms with E-state index in [0.29, 0.717) is 53.6 Å². The Hall–Kier alpha value is -4.70. The van der Waals surface area contributed by atoms with Gasteiger partial charge in [0.05, 0.1) is 24.1 Å². The SMILES string of the molecule is COc1cc(OC(C)C2CCNCC2)cc2nccc(Oc3ccc(NC(=O)C(=O)N4CCc5ccccc5C4)cc3F)c12. The predicted octanol–water partition coefficient (Wildman–Crippen LogP) is 5.47. The summed E-state index contributed by atoms with van der Waals surface area (Å²) in [6.45, 7) is 4.85. The summed E-state index contributed by atoms with van der Waals surface area (Å²) < 4.78 is 33.2. The standard InChI is InChI=1S/C34H35FN4O5/c1-21(22-9-13-36-14-10-22)43-26-18-28-32(31(19-26)42-2)30(11-15-37-28)44-29-8-7-25(17-27(29)35)38-33(40)34(41)39-16-12-23-5-3-4-6-24(23)20-39/h3-8,11,15,17-19,21-22,36H,9-10,12-14,16,20H2,1-2H3,(H,38,40). The van der Waals surface area contributed by atoms with Gasteiger partial charge in [0, 0.05) is 43.2 Å². The highest BCUT2D eigenvalue weighted by molar-refractivity contribution is 6.39. The molecule has 3 aromatic carbocycles. The monoisotopic (exact) mass is 598 g/mol. The van der Waals surface area contributed by atoms with Crippen molar-refractivity contribution in [3.8, 4) is 23.0 Å². The van der Waals surface area contributed by atoms with E-state index in [1.165, 1.54) is 22.6 Å². The Kier molecular flexibility index (Phi) is 8.60. The molecule has 1 fully saturated rings. The first-order chi connectivity index (χ1) is 21.4. The number of benzene rings is 3. The number of nitrogens with one attached hydrogen (secondary N) is 2. The van der Waals surface area contributed by atoms with E-state index in [2.05, 4.69) is 22.5 Å². The first-order valence-corrected chi connectivity index (χ1v) is 14.9. The number of carbonyl (C=O) groups excluding carboxylic acids is 2. The summed E-state index contributed by atoms with van der Waals surface area (Å²) in [6.07, 6.45) is 4.39. The average Bonchev–Trinajstić information content (AvgIpc) is 3.05. The van der Waals surface area contributed by atoms with Crippen LogP contribution >= 0.6 is 0 Å². The Labute approximate surface area is 255 Å². The minimum Gasteiger partial charge on any atom is -0.496 e. The smallest absolute Gasteiger partial charge is 0.313 e. The molecule has 2 aliphatic heterocycles. The molecule has 2 N–H and O–H groups in total. The van der Waals surface area contributed by atoms with Gasteiger partial charge in [-0.05, 0) is 74.5 Å². The van der Waals surface area contributed by atoms with Crippen LogP contribution in [0.3, 0.4) is 0 Å². The number of pyridine rings is 1. The van der Waals surface area contributed by atoms with Gasteiger partial charge in [0.15, 0.2) is 11.6 Å². The highest BCUT2D eigenvalue weighted by atomic mass is 19.1.